The van der Waals surface area contributed by atoms with Crippen LogP contribution in [0.1, 0.15) is 9.80 Å². The summed E-state index contributed by atoms with van der Waals surface area (Å²) in [5, 5.41) is 19.2. The van der Waals surface area contributed by atoms with Gasteiger partial charge in [0.2, 0.25) is 5.01 Å². The van der Waals surface area contributed by atoms with E-state index in [2.05, 4.69) is 10.2 Å². The van der Waals surface area contributed by atoms with E-state index in [4.69, 9.17) is 5.11 Å². The van der Waals surface area contributed by atoms with Gasteiger partial charge in [-0.3, -0.25) is 0 Å². The molecule has 1 aromatic heterocycles. The fraction of sp³-hybridized carbons (Fsp3) is 0. The molecule has 2 aromatic carbocycles. The molecule has 0 aliphatic heterocycles. The van der Waals surface area contributed by atoms with Crippen LogP contribution >= 0.6 is 11.3 Å². The van der Waals surface area contributed by atoms with Gasteiger partial charge in [0, 0.05) is 5.56 Å². The lowest BCUT2D eigenvalue weighted by Crippen LogP contribution is -1.93. The third-order valence-electron chi connectivity index (χ3n) is 2.60. The standard InChI is InChI=1S/C13H8N2O2S/c16-13(17)12-15-14-11(18-12)10-6-5-8-3-1-2-4-9(8)7-10/h1-7H,(H,16,17). The Balaban J connectivity index is 2.10. The van der Waals surface area contributed by atoms with Crippen molar-refractivity contribution in [3.8, 4) is 10.6 Å². The second-order valence-corrected chi connectivity index (χ2v) is 4.76. The van der Waals surface area contributed by atoms with Crippen LogP contribution in [0.25, 0.3) is 21.3 Å². The number of benzene rings is 2. The van der Waals surface area contributed by atoms with Crippen LogP contribution in [0.15, 0.2) is 42.5 Å². The van der Waals surface area contributed by atoms with Gasteiger partial charge in [-0.1, -0.05) is 47.7 Å². The van der Waals surface area contributed by atoms with E-state index in [9.17, 15) is 4.79 Å². The Kier molecular flexibility index (Phi) is 2.53. The predicted molar refractivity (Wildman–Crippen MR) is 69.8 cm³/mol. The van der Waals surface area contributed by atoms with E-state index < -0.39 is 5.97 Å². The molecular weight excluding hydrogens is 248 g/mol. The molecule has 5 heteroatoms. The molecule has 18 heavy (non-hydrogen) atoms. The molecule has 0 radical (unpaired) electrons. The highest BCUT2D eigenvalue weighted by atomic mass is 32.1. The highest BCUT2D eigenvalue weighted by molar-refractivity contribution is 7.16. The molecule has 0 atom stereocenters. The van der Waals surface area contributed by atoms with E-state index in [0.717, 1.165) is 27.7 Å². The second kappa shape index (κ2) is 4.19. The van der Waals surface area contributed by atoms with Crippen molar-refractivity contribution in [2.24, 2.45) is 0 Å². The second-order valence-electron chi connectivity index (χ2n) is 3.78. The first-order chi connectivity index (χ1) is 8.74. The minimum absolute atomic E-state index is 0.0122. The fourth-order valence-electron chi connectivity index (χ4n) is 1.75. The maximum absolute atomic E-state index is 10.8. The molecule has 3 rings (SSSR count). The Morgan fingerprint density at radius 1 is 1.06 bits per heavy atom. The van der Waals surface area contributed by atoms with Crippen molar-refractivity contribution in [1.82, 2.24) is 10.2 Å². The summed E-state index contributed by atoms with van der Waals surface area (Å²) >= 11 is 1.08. The van der Waals surface area contributed by atoms with Crippen molar-refractivity contribution in [1.29, 1.82) is 0 Å². The monoisotopic (exact) mass is 256 g/mol. The molecule has 0 spiro atoms. The summed E-state index contributed by atoms with van der Waals surface area (Å²) in [5.41, 5.74) is 0.888. The average Bonchev–Trinajstić information content (AvgIpc) is 2.88. The Hall–Kier alpha value is -2.27. The summed E-state index contributed by atoms with van der Waals surface area (Å²) in [6.45, 7) is 0. The van der Waals surface area contributed by atoms with Crippen LogP contribution in [0, 0.1) is 0 Å². The summed E-state index contributed by atoms with van der Waals surface area (Å²) in [7, 11) is 0. The first-order valence-electron chi connectivity index (χ1n) is 5.30. The van der Waals surface area contributed by atoms with E-state index in [1.807, 2.05) is 42.5 Å². The maximum atomic E-state index is 10.8. The predicted octanol–water partition coefficient (Wildman–Crippen LogP) is 3.06. The molecule has 3 aromatic rings. The third kappa shape index (κ3) is 1.84. The highest BCUT2D eigenvalue weighted by Gasteiger charge is 2.12. The molecule has 0 aliphatic carbocycles. The molecule has 88 valence electrons. The lowest BCUT2D eigenvalue weighted by atomic mass is 10.1. The van der Waals surface area contributed by atoms with Gasteiger partial charge in [0.05, 0.1) is 0 Å². The molecular formula is C13H8N2O2S. The van der Waals surface area contributed by atoms with Crippen molar-refractivity contribution >= 4 is 28.1 Å². The molecule has 0 unspecified atom stereocenters. The van der Waals surface area contributed by atoms with Crippen molar-refractivity contribution < 1.29 is 9.90 Å². The quantitative estimate of drug-likeness (QED) is 0.765. The Labute approximate surface area is 107 Å². The van der Waals surface area contributed by atoms with Gasteiger partial charge in [-0.25, -0.2) is 4.79 Å². The number of carbonyl (C=O) groups is 1. The van der Waals surface area contributed by atoms with Crippen molar-refractivity contribution in [2.75, 3.05) is 0 Å². The topological polar surface area (TPSA) is 63.1 Å². The molecule has 0 fully saturated rings. The van der Waals surface area contributed by atoms with Crippen LogP contribution in [-0.2, 0) is 0 Å². The molecule has 0 aliphatic rings. The number of rotatable bonds is 2. The van der Waals surface area contributed by atoms with Crippen LogP contribution in [0.4, 0.5) is 0 Å². The van der Waals surface area contributed by atoms with E-state index >= 15 is 0 Å². The highest BCUT2D eigenvalue weighted by Crippen LogP contribution is 2.26. The van der Waals surface area contributed by atoms with Crippen LogP contribution in [0.2, 0.25) is 0 Å². The zero-order chi connectivity index (χ0) is 12.5. The first-order valence-corrected chi connectivity index (χ1v) is 6.12. The van der Waals surface area contributed by atoms with Gasteiger partial charge in [-0.05, 0) is 16.8 Å². The van der Waals surface area contributed by atoms with E-state index in [1.165, 1.54) is 0 Å². The number of aromatic nitrogens is 2. The molecule has 0 amide bonds. The van der Waals surface area contributed by atoms with Gasteiger partial charge in [-0.15, -0.1) is 10.2 Å². The zero-order valence-corrected chi connectivity index (χ0v) is 10.0. The Morgan fingerprint density at radius 3 is 2.56 bits per heavy atom. The van der Waals surface area contributed by atoms with Crippen LogP contribution in [0.3, 0.4) is 0 Å². The summed E-state index contributed by atoms with van der Waals surface area (Å²) < 4.78 is 0. The Morgan fingerprint density at radius 2 is 1.83 bits per heavy atom. The van der Waals surface area contributed by atoms with Gasteiger partial charge >= 0.3 is 5.97 Å². The van der Waals surface area contributed by atoms with Gasteiger partial charge in [0.25, 0.3) is 0 Å². The smallest absolute Gasteiger partial charge is 0.367 e. The largest absolute Gasteiger partial charge is 0.476 e. The number of hydrogen-bond donors (Lipinski definition) is 1. The van der Waals surface area contributed by atoms with E-state index in [1.54, 1.807) is 0 Å². The third-order valence-corrected chi connectivity index (χ3v) is 3.56. The fourth-order valence-corrected chi connectivity index (χ4v) is 2.43. The van der Waals surface area contributed by atoms with Gasteiger partial charge in [-0.2, -0.15) is 0 Å². The van der Waals surface area contributed by atoms with Crippen LogP contribution in [-0.4, -0.2) is 21.3 Å². The van der Waals surface area contributed by atoms with Crippen molar-refractivity contribution in [3.05, 3.63) is 47.5 Å². The van der Waals surface area contributed by atoms with E-state index in [0.29, 0.717) is 5.01 Å². The summed E-state index contributed by atoms with van der Waals surface area (Å²) in [4.78, 5) is 10.8. The van der Waals surface area contributed by atoms with Gasteiger partial charge in [0.15, 0.2) is 0 Å². The van der Waals surface area contributed by atoms with Crippen LogP contribution in [0.5, 0.6) is 0 Å². The number of carboxylic acids is 1. The molecule has 1 heterocycles. The number of nitrogens with zero attached hydrogens (tertiary/aromatic N) is 2. The molecule has 4 nitrogen and oxygen atoms in total. The maximum Gasteiger partial charge on any atom is 0.367 e. The summed E-state index contributed by atoms with van der Waals surface area (Å²) in [6, 6.07) is 13.9. The molecule has 0 saturated carbocycles. The van der Waals surface area contributed by atoms with Crippen molar-refractivity contribution in [2.45, 2.75) is 0 Å². The average molecular weight is 256 g/mol. The van der Waals surface area contributed by atoms with Gasteiger partial charge < -0.3 is 5.11 Å². The summed E-state index contributed by atoms with van der Waals surface area (Å²) in [5.74, 6) is -1.04. The lowest BCUT2D eigenvalue weighted by Gasteiger charge is -1.99. The molecule has 0 bridgehead atoms. The number of fused-ring (bicyclic) bond motifs is 1. The number of aromatic carboxylic acids is 1. The minimum atomic E-state index is -1.04. The lowest BCUT2D eigenvalue weighted by molar-refractivity contribution is 0.0695. The van der Waals surface area contributed by atoms with Gasteiger partial charge in [0.1, 0.15) is 5.01 Å². The zero-order valence-electron chi connectivity index (χ0n) is 9.20. The number of hydrogen-bond acceptors (Lipinski definition) is 4. The summed E-state index contributed by atoms with van der Waals surface area (Å²) in [6.07, 6.45) is 0. The Bertz CT molecular complexity index is 736. The minimum Gasteiger partial charge on any atom is -0.476 e. The molecule has 0 saturated heterocycles. The SMILES string of the molecule is O=C(O)c1nnc(-c2ccc3ccccc3c2)s1. The number of carboxylic acid groups (broad SMARTS) is 1. The molecule has 1 N–H and O–H groups in total. The normalized spacial score (nSPS) is 10.7. The first kappa shape index (κ1) is 10.9. The van der Waals surface area contributed by atoms with Crippen LogP contribution < -0.4 is 0 Å². The van der Waals surface area contributed by atoms with Crippen molar-refractivity contribution in [3.63, 3.8) is 0 Å². The van der Waals surface area contributed by atoms with E-state index in [-0.39, 0.29) is 5.01 Å².